The Morgan fingerprint density at radius 3 is 1.51 bits per heavy atom. The molecule has 202 valence electrons. The van der Waals surface area contributed by atoms with Crippen LogP contribution in [0.5, 0.6) is 0 Å². The van der Waals surface area contributed by atoms with E-state index in [0.717, 1.165) is 32.6 Å². The highest BCUT2D eigenvalue weighted by molar-refractivity contribution is 6.82. The van der Waals surface area contributed by atoms with E-state index in [1.165, 1.54) is 39.0 Å². The van der Waals surface area contributed by atoms with Gasteiger partial charge in [0, 0.05) is 41.2 Å². The minimum atomic E-state index is -1.93. The monoisotopic (exact) mass is 650 g/mol. The zero-order valence-electron chi connectivity index (χ0n) is 22.3. The molecule has 3 aromatic carbocycles. The van der Waals surface area contributed by atoms with Crippen molar-refractivity contribution in [3.8, 4) is 0 Å². The van der Waals surface area contributed by atoms with Crippen LogP contribution in [0.2, 0.25) is 43.2 Å². The summed E-state index contributed by atoms with van der Waals surface area (Å²) in [7, 11) is -1.93. The number of halogens is 6. The Kier molecular flexibility index (Phi) is 8.21. The average Bonchev–Trinajstić information content (AvgIpc) is 3.46. The van der Waals surface area contributed by atoms with Crippen molar-refractivity contribution in [2.24, 2.45) is 0 Å². The Labute approximate surface area is 262 Å². The molecule has 0 aromatic heterocycles. The number of hydrogen-bond acceptors (Lipinski definition) is 0. The topological polar surface area (TPSA) is 0 Å². The van der Waals surface area contributed by atoms with E-state index in [-0.39, 0.29) is 0 Å². The third kappa shape index (κ3) is 5.42. The van der Waals surface area contributed by atoms with Gasteiger partial charge in [0.15, 0.2) is 0 Å². The van der Waals surface area contributed by atoms with Crippen molar-refractivity contribution in [3.05, 3.63) is 117 Å². The third-order valence-electron chi connectivity index (χ3n) is 8.07. The standard InChI is InChI=1S/C22H20Cl4Si.C10H8Cl2/c1-11-5-15-17(7-13(23)9-19(15)25)21(11)27(3,4)22-12(2)6-16-18(22)8-14(24)10-20(16)26;1-6-2-7-4-8(11)5-10(12)9(7)3-6/h5-10,21-22H,1-4H3;2,4-5H,3H2,1H3. The normalized spacial score (nSPS) is 19.0. The maximum absolute atomic E-state index is 6.51. The largest absolute Gasteiger partial charge is 0.0843 e. The number of allylic oxidation sites excluding steroid dienone is 3. The number of fused-ring (bicyclic) bond motifs is 3. The second-order valence-electron chi connectivity index (χ2n) is 11.4. The molecule has 0 fully saturated rings. The minimum absolute atomic E-state index is 0.348. The van der Waals surface area contributed by atoms with E-state index in [1.807, 2.05) is 18.2 Å². The molecule has 0 amide bonds. The summed E-state index contributed by atoms with van der Waals surface area (Å²) < 4.78 is 0. The van der Waals surface area contributed by atoms with Crippen molar-refractivity contribution in [1.29, 1.82) is 0 Å². The van der Waals surface area contributed by atoms with Gasteiger partial charge in [0.1, 0.15) is 0 Å². The van der Waals surface area contributed by atoms with E-state index in [1.54, 1.807) is 6.07 Å². The molecule has 0 aliphatic heterocycles. The van der Waals surface area contributed by atoms with Gasteiger partial charge >= 0.3 is 0 Å². The summed E-state index contributed by atoms with van der Waals surface area (Å²) in [4.78, 5) is 0. The first-order valence-electron chi connectivity index (χ1n) is 12.8. The van der Waals surface area contributed by atoms with E-state index in [9.17, 15) is 0 Å². The van der Waals surface area contributed by atoms with E-state index >= 15 is 0 Å². The van der Waals surface area contributed by atoms with Crippen molar-refractivity contribution < 1.29 is 0 Å². The van der Waals surface area contributed by atoms with E-state index < -0.39 is 8.07 Å². The maximum Gasteiger partial charge on any atom is 0.0722 e. The molecule has 0 heterocycles. The van der Waals surface area contributed by atoms with E-state index in [2.05, 4.69) is 64.2 Å². The molecular weight excluding hydrogens is 625 g/mol. The fourth-order valence-corrected chi connectivity index (χ4v) is 13.4. The van der Waals surface area contributed by atoms with Crippen LogP contribution in [0.3, 0.4) is 0 Å². The first-order valence-corrected chi connectivity index (χ1v) is 18.2. The highest BCUT2D eigenvalue weighted by Gasteiger charge is 2.47. The van der Waals surface area contributed by atoms with Gasteiger partial charge in [-0.05, 0) is 97.0 Å². The van der Waals surface area contributed by atoms with Crippen LogP contribution in [0.15, 0.2) is 53.1 Å². The predicted molar refractivity (Wildman–Crippen MR) is 177 cm³/mol. The lowest BCUT2D eigenvalue weighted by Crippen LogP contribution is -2.42. The summed E-state index contributed by atoms with van der Waals surface area (Å²) >= 11 is 37.6. The molecule has 0 radical (unpaired) electrons. The molecule has 0 bridgehead atoms. The molecular formula is C32H28Cl6Si. The van der Waals surface area contributed by atoms with Crippen molar-refractivity contribution in [1.82, 2.24) is 0 Å². The van der Waals surface area contributed by atoms with Crippen LogP contribution >= 0.6 is 69.6 Å². The van der Waals surface area contributed by atoms with Gasteiger partial charge in [-0.2, -0.15) is 0 Å². The van der Waals surface area contributed by atoms with Gasteiger partial charge in [0.05, 0.1) is 8.07 Å². The summed E-state index contributed by atoms with van der Waals surface area (Å²) in [5.41, 5.74) is 11.9. The lowest BCUT2D eigenvalue weighted by molar-refractivity contribution is 0.968. The van der Waals surface area contributed by atoms with Gasteiger partial charge in [-0.15, -0.1) is 0 Å². The number of benzene rings is 3. The van der Waals surface area contributed by atoms with Crippen LogP contribution in [-0.4, -0.2) is 8.07 Å². The van der Waals surface area contributed by atoms with Gasteiger partial charge in [0.2, 0.25) is 0 Å². The Bertz CT molecular complexity index is 1530. The molecule has 7 heteroatoms. The van der Waals surface area contributed by atoms with Crippen LogP contribution in [0.4, 0.5) is 0 Å². The summed E-state index contributed by atoms with van der Waals surface area (Å²) in [6.45, 7) is 11.4. The molecule has 39 heavy (non-hydrogen) atoms. The van der Waals surface area contributed by atoms with Crippen molar-refractivity contribution >= 4 is 95.9 Å². The highest BCUT2D eigenvalue weighted by atomic mass is 35.5. The van der Waals surface area contributed by atoms with Crippen LogP contribution in [0.25, 0.3) is 18.2 Å². The molecule has 6 rings (SSSR count). The molecule has 3 aromatic rings. The highest BCUT2D eigenvalue weighted by Crippen LogP contribution is 2.54. The predicted octanol–water partition coefficient (Wildman–Crippen LogP) is 12.7. The fraction of sp³-hybridized carbons (Fsp3) is 0.250. The maximum atomic E-state index is 6.51. The molecule has 0 nitrogen and oxygen atoms in total. The molecule has 2 atom stereocenters. The van der Waals surface area contributed by atoms with Crippen molar-refractivity contribution in [2.45, 2.75) is 51.4 Å². The first kappa shape index (κ1) is 29.3. The van der Waals surface area contributed by atoms with E-state index in [0.29, 0.717) is 26.2 Å². The Hall–Kier alpha value is -1.16. The van der Waals surface area contributed by atoms with Crippen LogP contribution < -0.4 is 0 Å². The molecule has 0 saturated heterocycles. The van der Waals surface area contributed by atoms with Gasteiger partial charge in [0.25, 0.3) is 0 Å². The smallest absolute Gasteiger partial charge is 0.0722 e. The van der Waals surface area contributed by atoms with Crippen LogP contribution in [-0.2, 0) is 6.42 Å². The lowest BCUT2D eigenvalue weighted by atomic mass is 10.1. The Morgan fingerprint density at radius 2 is 1.03 bits per heavy atom. The zero-order chi connectivity index (χ0) is 28.4. The summed E-state index contributed by atoms with van der Waals surface area (Å²) in [6, 6.07) is 11.6. The second kappa shape index (κ2) is 10.9. The summed E-state index contributed by atoms with van der Waals surface area (Å²) in [6.07, 6.45) is 7.55. The van der Waals surface area contributed by atoms with Crippen LogP contribution in [0, 0.1) is 0 Å². The molecule has 2 unspecified atom stereocenters. The number of hydrogen-bond donors (Lipinski definition) is 0. The van der Waals surface area contributed by atoms with Gasteiger partial charge in [-0.3, -0.25) is 0 Å². The Balaban J connectivity index is 0.000000214. The van der Waals surface area contributed by atoms with Crippen LogP contribution in [0.1, 0.15) is 65.2 Å². The first-order chi connectivity index (χ1) is 18.3. The van der Waals surface area contributed by atoms with Gasteiger partial charge in [-0.25, -0.2) is 0 Å². The molecule has 0 saturated carbocycles. The Morgan fingerprint density at radius 1 is 0.590 bits per heavy atom. The van der Waals surface area contributed by atoms with Crippen molar-refractivity contribution in [2.75, 3.05) is 0 Å². The molecule has 3 aliphatic carbocycles. The zero-order valence-corrected chi connectivity index (χ0v) is 27.9. The molecule has 3 aliphatic rings. The summed E-state index contributed by atoms with van der Waals surface area (Å²) in [5, 5.41) is 4.35. The fourth-order valence-electron chi connectivity index (χ4n) is 6.78. The van der Waals surface area contributed by atoms with Gasteiger partial charge in [-0.1, -0.05) is 118 Å². The second-order valence-corrected chi connectivity index (χ2v) is 18.7. The van der Waals surface area contributed by atoms with Gasteiger partial charge < -0.3 is 0 Å². The van der Waals surface area contributed by atoms with E-state index in [4.69, 9.17) is 69.6 Å². The lowest BCUT2D eigenvalue weighted by Gasteiger charge is -2.39. The SMILES string of the molecule is CC1=Cc2c(Cl)cc(Cl)cc2C1[Si](C)(C)C1C(C)=Cc2c(Cl)cc(Cl)cc21.CC1=Cc2cc(Cl)cc(Cl)c2C1. The molecule has 0 spiro atoms. The third-order valence-corrected chi connectivity index (χ3v) is 14.2. The minimum Gasteiger partial charge on any atom is -0.0843 e. The average molecular weight is 653 g/mol. The van der Waals surface area contributed by atoms with Crippen molar-refractivity contribution in [3.63, 3.8) is 0 Å². The quantitative estimate of drug-likeness (QED) is 0.242. The summed E-state index contributed by atoms with van der Waals surface area (Å²) in [5.74, 6) is 0. The molecule has 0 N–H and O–H groups in total. The number of rotatable bonds is 2.